The smallest absolute Gasteiger partial charge is 0.243 e. The van der Waals surface area contributed by atoms with E-state index in [1.54, 1.807) is 0 Å². The Morgan fingerprint density at radius 3 is 2.39 bits per heavy atom. The van der Waals surface area contributed by atoms with E-state index in [1.807, 2.05) is 31.2 Å². The molecule has 8 heteroatoms. The van der Waals surface area contributed by atoms with Crippen molar-refractivity contribution >= 4 is 21.7 Å². The summed E-state index contributed by atoms with van der Waals surface area (Å²) in [5.41, 5.74) is 1.58. The molecule has 1 saturated heterocycles. The topological polar surface area (TPSA) is 92.8 Å². The zero-order valence-corrected chi connectivity index (χ0v) is 18.7. The average molecular weight is 445 g/mol. The van der Waals surface area contributed by atoms with Crippen molar-refractivity contribution in [3.8, 4) is 5.75 Å². The first-order valence-electron chi connectivity index (χ1n) is 10.4. The van der Waals surface area contributed by atoms with Gasteiger partial charge >= 0.3 is 0 Å². The molecule has 1 fully saturated rings. The number of piperidine rings is 1. The van der Waals surface area contributed by atoms with Crippen molar-refractivity contribution in [1.29, 1.82) is 0 Å². The van der Waals surface area contributed by atoms with Crippen molar-refractivity contribution in [2.75, 3.05) is 26.2 Å². The first-order valence-corrected chi connectivity index (χ1v) is 11.8. The van der Waals surface area contributed by atoms with Gasteiger partial charge in [0.05, 0.1) is 11.4 Å². The minimum absolute atomic E-state index is 0.0734. The number of amides is 1. The van der Waals surface area contributed by atoms with Gasteiger partial charge in [0.2, 0.25) is 15.9 Å². The van der Waals surface area contributed by atoms with Crippen LogP contribution in [-0.4, -0.2) is 50.7 Å². The molecular formula is C23H28N2O5S. The largest absolute Gasteiger partial charge is 0.492 e. The number of ketones is 1. The van der Waals surface area contributed by atoms with Crippen molar-refractivity contribution in [1.82, 2.24) is 9.62 Å². The number of hydrogen-bond acceptors (Lipinski definition) is 5. The molecule has 31 heavy (non-hydrogen) atoms. The van der Waals surface area contributed by atoms with E-state index < -0.39 is 10.0 Å². The molecule has 1 aliphatic heterocycles. The zero-order chi connectivity index (χ0) is 22.4. The van der Waals surface area contributed by atoms with E-state index >= 15 is 0 Å². The molecular weight excluding hydrogens is 416 g/mol. The van der Waals surface area contributed by atoms with E-state index in [0.717, 1.165) is 11.3 Å². The summed E-state index contributed by atoms with van der Waals surface area (Å²) >= 11 is 0. The molecule has 1 N–H and O–H groups in total. The van der Waals surface area contributed by atoms with E-state index in [4.69, 9.17) is 4.74 Å². The van der Waals surface area contributed by atoms with Gasteiger partial charge in [-0.1, -0.05) is 24.3 Å². The fourth-order valence-electron chi connectivity index (χ4n) is 3.56. The number of nitrogens with one attached hydrogen (secondary N) is 1. The van der Waals surface area contributed by atoms with E-state index in [2.05, 4.69) is 5.32 Å². The Kier molecular flexibility index (Phi) is 7.46. The number of ether oxygens (including phenoxy) is 1. The highest BCUT2D eigenvalue weighted by molar-refractivity contribution is 7.89. The van der Waals surface area contributed by atoms with E-state index in [1.165, 1.54) is 35.5 Å². The molecule has 0 aliphatic carbocycles. The van der Waals surface area contributed by atoms with E-state index in [9.17, 15) is 18.0 Å². The number of hydrogen-bond donors (Lipinski definition) is 1. The summed E-state index contributed by atoms with van der Waals surface area (Å²) < 4.78 is 32.7. The maximum absolute atomic E-state index is 12.8. The minimum Gasteiger partial charge on any atom is -0.492 e. The molecule has 166 valence electrons. The van der Waals surface area contributed by atoms with Crippen molar-refractivity contribution in [3.05, 3.63) is 59.7 Å². The summed E-state index contributed by atoms with van der Waals surface area (Å²) in [6, 6.07) is 13.7. The van der Waals surface area contributed by atoms with Crippen molar-refractivity contribution in [3.63, 3.8) is 0 Å². The van der Waals surface area contributed by atoms with Gasteiger partial charge in [-0.2, -0.15) is 4.31 Å². The monoisotopic (exact) mass is 444 g/mol. The first kappa shape index (κ1) is 23.0. The number of aryl methyl sites for hydroxylation is 1. The molecule has 7 nitrogen and oxygen atoms in total. The summed E-state index contributed by atoms with van der Waals surface area (Å²) in [6.45, 7) is 4.77. The molecule has 0 spiro atoms. The van der Waals surface area contributed by atoms with E-state index in [0.29, 0.717) is 31.6 Å². The summed E-state index contributed by atoms with van der Waals surface area (Å²) in [6.07, 6.45) is 0.935. The second kappa shape index (κ2) is 10.1. The van der Waals surface area contributed by atoms with Crippen molar-refractivity contribution in [2.45, 2.75) is 31.6 Å². The Morgan fingerprint density at radius 1 is 1.10 bits per heavy atom. The SMILES string of the molecule is CC(=O)c1ccc(S(=O)(=O)N2CCC(C(=O)NCCOc3cccc(C)c3)CC2)cc1. The highest BCUT2D eigenvalue weighted by atomic mass is 32.2. The number of carbonyl (C=O) groups is 2. The Bertz CT molecular complexity index is 1030. The van der Waals surface area contributed by atoms with Gasteiger partial charge < -0.3 is 10.1 Å². The highest BCUT2D eigenvalue weighted by Gasteiger charge is 2.32. The van der Waals surface area contributed by atoms with E-state index in [-0.39, 0.29) is 35.6 Å². The minimum atomic E-state index is -3.64. The summed E-state index contributed by atoms with van der Waals surface area (Å²) in [4.78, 5) is 24.0. The van der Waals surface area contributed by atoms with Gasteiger partial charge in [-0.05, 0) is 56.5 Å². The van der Waals surface area contributed by atoms with Gasteiger partial charge in [-0.3, -0.25) is 9.59 Å². The number of benzene rings is 2. The Labute approximate surface area is 183 Å². The Balaban J connectivity index is 1.45. The normalized spacial score (nSPS) is 15.4. The van der Waals surface area contributed by atoms with Crippen LogP contribution in [-0.2, 0) is 14.8 Å². The molecule has 0 aromatic heterocycles. The third-order valence-corrected chi connectivity index (χ3v) is 7.30. The fraction of sp³-hybridized carbons (Fsp3) is 0.391. The number of nitrogens with zero attached hydrogens (tertiary/aromatic N) is 1. The summed E-state index contributed by atoms with van der Waals surface area (Å²) in [5, 5.41) is 2.88. The molecule has 2 aromatic rings. The van der Waals surface area contributed by atoms with Gasteiger partial charge in [0.15, 0.2) is 5.78 Å². The van der Waals surface area contributed by atoms with Crippen LogP contribution in [0.25, 0.3) is 0 Å². The molecule has 0 unspecified atom stereocenters. The van der Waals surface area contributed by atoms with Crippen LogP contribution in [0, 0.1) is 12.8 Å². The summed E-state index contributed by atoms with van der Waals surface area (Å²) in [7, 11) is -3.64. The predicted molar refractivity (Wildman–Crippen MR) is 118 cm³/mol. The van der Waals surface area contributed by atoms with Crippen LogP contribution >= 0.6 is 0 Å². The lowest BCUT2D eigenvalue weighted by atomic mass is 9.97. The standard InChI is InChI=1S/C23H28N2O5S/c1-17-4-3-5-21(16-17)30-15-12-24-23(27)20-10-13-25(14-11-20)31(28,29)22-8-6-19(7-9-22)18(2)26/h3-9,16,20H,10-15H2,1-2H3,(H,24,27). The zero-order valence-electron chi connectivity index (χ0n) is 17.8. The van der Waals surface area contributed by atoms with Gasteiger partial charge in [-0.25, -0.2) is 8.42 Å². The third kappa shape index (κ3) is 5.92. The second-order valence-electron chi connectivity index (χ2n) is 7.71. The molecule has 0 bridgehead atoms. The Morgan fingerprint density at radius 2 is 1.77 bits per heavy atom. The fourth-order valence-corrected chi connectivity index (χ4v) is 5.03. The number of Topliss-reactive ketones (excluding diaryl/α,β-unsaturated/α-hetero) is 1. The van der Waals surface area contributed by atoms with Crippen LogP contribution in [0.3, 0.4) is 0 Å². The molecule has 0 radical (unpaired) electrons. The lowest BCUT2D eigenvalue weighted by Gasteiger charge is -2.30. The molecule has 3 rings (SSSR count). The van der Waals surface area contributed by atoms with Crippen LogP contribution in [0.4, 0.5) is 0 Å². The molecule has 1 aliphatic rings. The molecule has 2 aromatic carbocycles. The quantitative estimate of drug-likeness (QED) is 0.499. The van der Waals surface area contributed by atoms with Crippen molar-refractivity contribution in [2.24, 2.45) is 5.92 Å². The highest BCUT2D eigenvalue weighted by Crippen LogP contribution is 2.24. The second-order valence-corrected chi connectivity index (χ2v) is 9.65. The van der Waals surface area contributed by atoms with Crippen LogP contribution in [0.1, 0.15) is 35.7 Å². The Hall–Kier alpha value is -2.71. The lowest BCUT2D eigenvalue weighted by molar-refractivity contribution is -0.126. The molecule has 1 heterocycles. The number of carbonyl (C=O) groups excluding carboxylic acids is 2. The van der Waals surface area contributed by atoms with Crippen LogP contribution in [0.5, 0.6) is 5.75 Å². The maximum Gasteiger partial charge on any atom is 0.243 e. The predicted octanol–water partition coefficient (Wildman–Crippen LogP) is 2.79. The third-order valence-electron chi connectivity index (χ3n) is 5.38. The molecule has 0 saturated carbocycles. The number of sulfonamides is 1. The maximum atomic E-state index is 12.8. The average Bonchev–Trinajstić information content (AvgIpc) is 2.77. The number of rotatable bonds is 8. The lowest BCUT2D eigenvalue weighted by Crippen LogP contribution is -2.43. The molecule has 0 atom stereocenters. The van der Waals surface area contributed by atoms with Gasteiger partial charge in [-0.15, -0.1) is 0 Å². The van der Waals surface area contributed by atoms with Crippen molar-refractivity contribution < 1.29 is 22.7 Å². The van der Waals surface area contributed by atoms with Gasteiger partial charge in [0.1, 0.15) is 12.4 Å². The molecule has 1 amide bonds. The van der Waals surface area contributed by atoms with Gasteiger partial charge in [0.25, 0.3) is 0 Å². The summed E-state index contributed by atoms with van der Waals surface area (Å²) in [5.74, 6) is 0.366. The van der Waals surface area contributed by atoms with Crippen LogP contribution < -0.4 is 10.1 Å². The van der Waals surface area contributed by atoms with Crippen LogP contribution in [0.2, 0.25) is 0 Å². The van der Waals surface area contributed by atoms with Gasteiger partial charge in [0, 0.05) is 24.6 Å². The van der Waals surface area contributed by atoms with Crippen LogP contribution in [0.15, 0.2) is 53.4 Å². The first-order chi connectivity index (χ1) is 14.8.